The van der Waals surface area contributed by atoms with E-state index in [1.165, 1.54) is 0 Å². The molecular formula is C21H24N2O7. The zero-order valence-electron chi connectivity index (χ0n) is 16.8. The Morgan fingerprint density at radius 2 is 1.90 bits per heavy atom. The number of nitrogens with one attached hydrogen (secondary N) is 2. The molecule has 0 saturated carbocycles. The Morgan fingerprint density at radius 3 is 2.60 bits per heavy atom. The average molecular weight is 416 g/mol. The van der Waals surface area contributed by atoms with Crippen LogP contribution in [0.3, 0.4) is 0 Å². The molecule has 3 rings (SSSR count). The van der Waals surface area contributed by atoms with Gasteiger partial charge in [0.15, 0.2) is 6.61 Å². The highest BCUT2D eigenvalue weighted by Gasteiger charge is 2.23. The van der Waals surface area contributed by atoms with E-state index in [2.05, 4.69) is 10.6 Å². The smallest absolute Gasteiger partial charge is 0.339 e. The van der Waals surface area contributed by atoms with Crippen LogP contribution in [-0.4, -0.2) is 42.1 Å². The van der Waals surface area contributed by atoms with E-state index in [1.54, 1.807) is 32.0 Å². The first-order valence-electron chi connectivity index (χ1n) is 9.76. The number of aliphatic carboxylic acids is 1. The number of carboxylic acid groups (broad SMARTS) is 1. The average Bonchev–Trinajstić information content (AvgIpc) is 3.19. The van der Waals surface area contributed by atoms with E-state index in [1.807, 2.05) is 0 Å². The Bertz CT molecular complexity index is 1040. The van der Waals surface area contributed by atoms with Gasteiger partial charge in [0.25, 0.3) is 5.91 Å². The summed E-state index contributed by atoms with van der Waals surface area (Å²) in [5.41, 5.74) is 1.82. The van der Waals surface area contributed by atoms with Crippen LogP contribution in [0.1, 0.15) is 31.4 Å². The molecule has 1 heterocycles. The summed E-state index contributed by atoms with van der Waals surface area (Å²) in [5.74, 6) is -2.22. The normalized spacial score (nSPS) is 13.7. The predicted octanol–water partition coefficient (Wildman–Crippen LogP) is 1.00. The van der Waals surface area contributed by atoms with E-state index in [9.17, 15) is 19.2 Å². The summed E-state index contributed by atoms with van der Waals surface area (Å²) in [6, 6.07) is 4.04. The second-order valence-electron chi connectivity index (χ2n) is 7.55. The third kappa shape index (κ3) is 4.79. The minimum atomic E-state index is -1.14. The molecule has 0 fully saturated rings. The molecule has 0 bridgehead atoms. The topological polar surface area (TPSA) is 135 Å². The van der Waals surface area contributed by atoms with Gasteiger partial charge in [0.05, 0.1) is 6.54 Å². The molecule has 1 aromatic heterocycles. The number of ether oxygens (including phenoxy) is 1. The van der Waals surface area contributed by atoms with E-state index in [-0.39, 0.29) is 24.7 Å². The van der Waals surface area contributed by atoms with E-state index in [0.717, 1.165) is 35.8 Å². The lowest BCUT2D eigenvalue weighted by Crippen LogP contribution is -2.48. The van der Waals surface area contributed by atoms with Crippen molar-refractivity contribution < 1.29 is 28.6 Å². The quantitative estimate of drug-likeness (QED) is 0.547. The zero-order valence-corrected chi connectivity index (χ0v) is 16.8. The van der Waals surface area contributed by atoms with Gasteiger partial charge >= 0.3 is 11.6 Å². The summed E-state index contributed by atoms with van der Waals surface area (Å²) >= 11 is 0. The molecule has 9 heteroatoms. The van der Waals surface area contributed by atoms with Crippen molar-refractivity contribution in [2.75, 3.05) is 13.2 Å². The van der Waals surface area contributed by atoms with Crippen LogP contribution >= 0.6 is 0 Å². The number of hydrogen-bond donors (Lipinski definition) is 3. The lowest BCUT2D eigenvalue weighted by atomic mass is 10.1. The summed E-state index contributed by atoms with van der Waals surface area (Å²) in [7, 11) is 0. The minimum absolute atomic E-state index is 0.292. The van der Waals surface area contributed by atoms with Crippen molar-refractivity contribution in [1.29, 1.82) is 0 Å². The first-order valence-corrected chi connectivity index (χ1v) is 9.76. The number of amides is 2. The zero-order chi connectivity index (χ0) is 21.8. The number of benzene rings is 1. The lowest BCUT2D eigenvalue weighted by molar-refractivity contribution is -0.143. The number of carboxylic acids is 1. The largest absolute Gasteiger partial charge is 0.484 e. The second kappa shape index (κ2) is 8.98. The minimum Gasteiger partial charge on any atom is -0.484 e. The Labute approximate surface area is 172 Å². The van der Waals surface area contributed by atoms with Crippen molar-refractivity contribution in [3.05, 3.63) is 39.7 Å². The van der Waals surface area contributed by atoms with Gasteiger partial charge < -0.3 is 24.9 Å². The number of fused-ring (bicyclic) bond motifs is 3. The van der Waals surface area contributed by atoms with Gasteiger partial charge in [-0.05, 0) is 42.9 Å². The summed E-state index contributed by atoms with van der Waals surface area (Å²) in [4.78, 5) is 46.9. The van der Waals surface area contributed by atoms with Crippen molar-refractivity contribution in [2.45, 2.75) is 39.2 Å². The van der Waals surface area contributed by atoms with Crippen LogP contribution in [0.5, 0.6) is 5.75 Å². The van der Waals surface area contributed by atoms with Crippen LogP contribution < -0.4 is 21.0 Å². The van der Waals surface area contributed by atoms with Gasteiger partial charge in [-0.15, -0.1) is 0 Å². The summed E-state index contributed by atoms with van der Waals surface area (Å²) < 4.78 is 10.8. The molecule has 160 valence electrons. The summed E-state index contributed by atoms with van der Waals surface area (Å²) in [6.45, 7) is 2.63. The molecule has 0 aliphatic heterocycles. The molecule has 2 amide bonds. The second-order valence-corrected chi connectivity index (χ2v) is 7.55. The van der Waals surface area contributed by atoms with Crippen LogP contribution in [-0.2, 0) is 27.2 Å². The molecule has 0 saturated heterocycles. The maximum absolute atomic E-state index is 12.1. The molecule has 0 unspecified atom stereocenters. The third-order valence-corrected chi connectivity index (χ3v) is 5.01. The van der Waals surface area contributed by atoms with Crippen molar-refractivity contribution in [2.24, 2.45) is 5.92 Å². The number of carbonyl (C=O) groups excluding carboxylic acids is 2. The Hall–Kier alpha value is -3.36. The maximum atomic E-state index is 12.1. The van der Waals surface area contributed by atoms with E-state index >= 15 is 0 Å². The fraction of sp³-hybridized carbons (Fsp3) is 0.429. The van der Waals surface area contributed by atoms with E-state index in [0.29, 0.717) is 11.3 Å². The predicted molar refractivity (Wildman–Crippen MR) is 107 cm³/mol. The van der Waals surface area contributed by atoms with Gasteiger partial charge in [0, 0.05) is 17.0 Å². The maximum Gasteiger partial charge on any atom is 0.339 e. The van der Waals surface area contributed by atoms with Crippen molar-refractivity contribution in [3.63, 3.8) is 0 Å². The van der Waals surface area contributed by atoms with Gasteiger partial charge in [-0.1, -0.05) is 13.8 Å². The third-order valence-electron chi connectivity index (χ3n) is 5.01. The lowest BCUT2D eigenvalue weighted by Gasteiger charge is -2.18. The summed E-state index contributed by atoms with van der Waals surface area (Å²) in [6.07, 6.45) is 2.49. The van der Waals surface area contributed by atoms with Gasteiger partial charge in [0.2, 0.25) is 5.91 Å². The standard InChI is InChI=1S/C21H24N2O7/c1-11(2)19(20(26)27)23-17(24)9-22-18(25)10-29-12-6-7-14-13-4-3-5-15(13)21(28)30-16(14)8-12/h6-8,11,19H,3-5,9-10H2,1-2H3,(H,22,25)(H,23,24)(H,26,27)/t19-/m0/s1. The molecule has 1 aromatic carbocycles. The first kappa shape index (κ1) is 21.4. The van der Waals surface area contributed by atoms with E-state index in [4.69, 9.17) is 14.3 Å². The SMILES string of the molecule is CC(C)[C@H](NC(=O)CNC(=O)COc1ccc2c3c(c(=O)oc2c1)CCC3)C(=O)O. The highest BCUT2D eigenvalue weighted by molar-refractivity contribution is 5.88. The van der Waals surface area contributed by atoms with Crippen LogP contribution in [0.25, 0.3) is 11.0 Å². The molecule has 1 atom stereocenters. The fourth-order valence-corrected chi connectivity index (χ4v) is 3.47. The Balaban J connectivity index is 1.54. The van der Waals surface area contributed by atoms with E-state index < -0.39 is 23.8 Å². The summed E-state index contributed by atoms with van der Waals surface area (Å²) in [5, 5.41) is 14.7. The number of hydrogen-bond acceptors (Lipinski definition) is 6. The molecule has 3 N–H and O–H groups in total. The highest BCUT2D eigenvalue weighted by Crippen LogP contribution is 2.29. The first-order chi connectivity index (χ1) is 14.3. The highest BCUT2D eigenvalue weighted by atomic mass is 16.5. The van der Waals surface area contributed by atoms with Crippen LogP contribution in [0.2, 0.25) is 0 Å². The molecular weight excluding hydrogens is 392 g/mol. The number of rotatable bonds is 8. The number of aryl methyl sites for hydroxylation is 1. The van der Waals surface area contributed by atoms with Crippen molar-refractivity contribution in [3.8, 4) is 5.75 Å². The molecule has 1 aliphatic rings. The molecule has 0 spiro atoms. The van der Waals surface area contributed by atoms with Gasteiger partial charge in [-0.3, -0.25) is 9.59 Å². The molecule has 2 aromatic rings. The van der Waals surface area contributed by atoms with Crippen LogP contribution in [0.15, 0.2) is 27.4 Å². The van der Waals surface area contributed by atoms with Gasteiger partial charge in [-0.2, -0.15) is 0 Å². The van der Waals surface area contributed by atoms with Gasteiger partial charge in [0.1, 0.15) is 17.4 Å². The van der Waals surface area contributed by atoms with Crippen LogP contribution in [0.4, 0.5) is 0 Å². The van der Waals surface area contributed by atoms with Crippen molar-refractivity contribution in [1.82, 2.24) is 10.6 Å². The monoisotopic (exact) mass is 416 g/mol. The molecule has 30 heavy (non-hydrogen) atoms. The van der Waals surface area contributed by atoms with Gasteiger partial charge in [-0.25, -0.2) is 9.59 Å². The molecule has 0 radical (unpaired) electrons. The Morgan fingerprint density at radius 1 is 1.17 bits per heavy atom. The fourth-order valence-electron chi connectivity index (χ4n) is 3.47. The molecule has 1 aliphatic carbocycles. The van der Waals surface area contributed by atoms with Crippen LogP contribution in [0, 0.1) is 5.92 Å². The molecule has 9 nitrogen and oxygen atoms in total. The Kier molecular flexibility index (Phi) is 6.39. The van der Waals surface area contributed by atoms with Crippen molar-refractivity contribution >= 4 is 28.8 Å². The number of carbonyl (C=O) groups is 3.